The van der Waals surface area contributed by atoms with Gasteiger partial charge in [0.1, 0.15) is 18.2 Å². The standard InChI is InChI=1S/C30H27BrN4O2/c1-19-5-7-23(8-6-19)18-37-27-12-10-26(11-13-27)34-20(2)15-24(21(34)3)17-32-35-22(4)33-29-14-9-25(31)16-28(29)30(35)36/h5-17H,18H2,1-4H3. The fraction of sp³-hybridized carbons (Fsp3) is 0.167. The van der Waals surface area contributed by atoms with Crippen LogP contribution in [0.25, 0.3) is 16.6 Å². The monoisotopic (exact) mass is 554 g/mol. The van der Waals surface area contributed by atoms with Crippen LogP contribution in [0.4, 0.5) is 0 Å². The second-order valence-corrected chi connectivity index (χ2v) is 10.0. The van der Waals surface area contributed by atoms with E-state index in [0.29, 0.717) is 23.3 Å². The molecule has 0 unspecified atom stereocenters. The molecule has 2 heterocycles. The van der Waals surface area contributed by atoms with Crippen molar-refractivity contribution in [3.8, 4) is 11.4 Å². The molecular weight excluding hydrogens is 528 g/mol. The molecule has 0 fully saturated rings. The second-order valence-electron chi connectivity index (χ2n) is 9.11. The van der Waals surface area contributed by atoms with Gasteiger partial charge in [-0.25, -0.2) is 4.98 Å². The number of aryl methyl sites for hydroxylation is 3. The Balaban J connectivity index is 1.38. The van der Waals surface area contributed by atoms with E-state index in [9.17, 15) is 4.79 Å². The van der Waals surface area contributed by atoms with Gasteiger partial charge in [0.15, 0.2) is 0 Å². The van der Waals surface area contributed by atoms with Crippen molar-refractivity contribution in [1.82, 2.24) is 14.2 Å². The SMILES string of the molecule is Cc1ccc(COc2ccc(-n3c(C)cc(C=Nn4c(C)nc5ccc(Br)cc5c4=O)c3C)cc2)cc1. The van der Waals surface area contributed by atoms with E-state index in [1.54, 1.807) is 19.2 Å². The lowest BCUT2D eigenvalue weighted by Gasteiger charge is -2.12. The van der Waals surface area contributed by atoms with Crippen LogP contribution in [-0.2, 0) is 6.61 Å². The molecule has 37 heavy (non-hydrogen) atoms. The highest BCUT2D eigenvalue weighted by Gasteiger charge is 2.11. The number of hydrogen-bond acceptors (Lipinski definition) is 4. The molecule has 5 rings (SSSR count). The predicted molar refractivity (Wildman–Crippen MR) is 152 cm³/mol. The third kappa shape index (κ3) is 5.13. The average Bonchev–Trinajstić information content (AvgIpc) is 3.17. The summed E-state index contributed by atoms with van der Waals surface area (Å²) < 4.78 is 10.3. The largest absolute Gasteiger partial charge is 0.489 e. The highest BCUT2D eigenvalue weighted by molar-refractivity contribution is 9.10. The topological polar surface area (TPSA) is 61.4 Å². The second kappa shape index (κ2) is 10.2. The summed E-state index contributed by atoms with van der Waals surface area (Å²) in [6.45, 7) is 8.49. The van der Waals surface area contributed by atoms with Crippen molar-refractivity contribution in [2.24, 2.45) is 5.10 Å². The van der Waals surface area contributed by atoms with Gasteiger partial charge in [-0.1, -0.05) is 45.8 Å². The van der Waals surface area contributed by atoms with Crippen molar-refractivity contribution >= 4 is 33.0 Å². The maximum absolute atomic E-state index is 13.1. The van der Waals surface area contributed by atoms with Crippen molar-refractivity contribution in [2.45, 2.75) is 34.3 Å². The molecule has 0 amide bonds. The Bertz CT molecular complexity index is 1680. The third-order valence-corrected chi connectivity index (χ3v) is 6.87. The molecule has 6 nitrogen and oxygen atoms in total. The molecule has 2 aromatic heterocycles. The Morgan fingerprint density at radius 3 is 2.41 bits per heavy atom. The number of fused-ring (bicyclic) bond motifs is 1. The number of nitrogens with zero attached hydrogens (tertiary/aromatic N) is 4. The van der Waals surface area contributed by atoms with Crippen LogP contribution in [-0.4, -0.2) is 20.4 Å². The van der Waals surface area contributed by atoms with Gasteiger partial charge in [0.25, 0.3) is 5.56 Å². The van der Waals surface area contributed by atoms with Crippen LogP contribution in [0.3, 0.4) is 0 Å². The smallest absolute Gasteiger partial charge is 0.282 e. The number of hydrogen-bond donors (Lipinski definition) is 0. The van der Waals surface area contributed by atoms with Crippen LogP contribution >= 0.6 is 15.9 Å². The summed E-state index contributed by atoms with van der Waals surface area (Å²) in [6, 6.07) is 24.0. The van der Waals surface area contributed by atoms with Gasteiger partial charge in [0.2, 0.25) is 0 Å². The summed E-state index contributed by atoms with van der Waals surface area (Å²) >= 11 is 3.43. The Kier molecular flexibility index (Phi) is 6.80. The maximum atomic E-state index is 13.1. The fourth-order valence-electron chi connectivity index (χ4n) is 4.37. The van der Waals surface area contributed by atoms with Crippen molar-refractivity contribution in [3.05, 3.63) is 122 Å². The van der Waals surface area contributed by atoms with Crippen molar-refractivity contribution in [2.75, 3.05) is 0 Å². The Hall–Kier alpha value is -3.97. The van der Waals surface area contributed by atoms with Gasteiger partial charge in [0.05, 0.1) is 17.1 Å². The normalized spacial score (nSPS) is 11.5. The molecule has 0 saturated carbocycles. The van der Waals surface area contributed by atoms with E-state index in [2.05, 4.69) is 74.8 Å². The highest BCUT2D eigenvalue weighted by atomic mass is 79.9. The lowest BCUT2D eigenvalue weighted by atomic mass is 10.2. The molecule has 0 N–H and O–H groups in total. The zero-order chi connectivity index (χ0) is 26.1. The minimum Gasteiger partial charge on any atom is -0.489 e. The summed E-state index contributed by atoms with van der Waals surface area (Å²) in [4.78, 5) is 17.6. The first-order valence-corrected chi connectivity index (χ1v) is 12.8. The first kappa shape index (κ1) is 24.7. The predicted octanol–water partition coefficient (Wildman–Crippen LogP) is 6.64. The Morgan fingerprint density at radius 2 is 1.68 bits per heavy atom. The van der Waals surface area contributed by atoms with Gasteiger partial charge in [-0.15, -0.1) is 0 Å². The maximum Gasteiger partial charge on any atom is 0.282 e. The quantitative estimate of drug-likeness (QED) is 0.221. The molecule has 0 radical (unpaired) electrons. The van der Waals surface area contributed by atoms with Gasteiger partial charge in [-0.2, -0.15) is 9.78 Å². The van der Waals surface area contributed by atoms with Crippen molar-refractivity contribution in [3.63, 3.8) is 0 Å². The summed E-state index contributed by atoms with van der Waals surface area (Å²) in [6.07, 6.45) is 1.72. The molecule has 186 valence electrons. The number of aromatic nitrogens is 3. The number of ether oxygens (including phenoxy) is 1. The number of benzene rings is 3. The van der Waals surface area contributed by atoms with Crippen LogP contribution in [0.5, 0.6) is 5.75 Å². The first-order valence-electron chi connectivity index (χ1n) is 12.0. The van der Waals surface area contributed by atoms with E-state index in [1.807, 2.05) is 43.3 Å². The van der Waals surface area contributed by atoms with Crippen LogP contribution in [0.15, 0.2) is 87.2 Å². The van der Waals surface area contributed by atoms with Gasteiger partial charge >= 0.3 is 0 Å². The zero-order valence-corrected chi connectivity index (χ0v) is 22.8. The van der Waals surface area contributed by atoms with E-state index in [-0.39, 0.29) is 5.56 Å². The number of halogens is 1. The highest BCUT2D eigenvalue weighted by Crippen LogP contribution is 2.23. The van der Waals surface area contributed by atoms with Crippen molar-refractivity contribution < 1.29 is 4.74 Å². The molecule has 0 aliphatic carbocycles. The van der Waals surface area contributed by atoms with Gasteiger partial charge in [-0.3, -0.25) is 4.79 Å². The van der Waals surface area contributed by atoms with Crippen LogP contribution in [0.2, 0.25) is 0 Å². The summed E-state index contributed by atoms with van der Waals surface area (Å²) in [5, 5.41) is 5.03. The summed E-state index contributed by atoms with van der Waals surface area (Å²) in [5.41, 5.74) is 6.88. The van der Waals surface area contributed by atoms with E-state index in [4.69, 9.17) is 4.74 Å². The molecule has 0 aliphatic heterocycles. The molecule has 0 bridgehead atoms. The van der Waals surface area contributed by atoms with Gasteiger partial charge in [0, 0.05) is 27.1 Å². The molecule has 0 atom stereocenters. The summed E-state index contributed by atoms with van der Waals surface area (Å²) in [7, 11) is 0. The molecule has 5 aromatic rings. The van der Waals surface area contributed by atoms with Crippen LogP contribution in [0.1, 0.15) is 33.9 Å². The molecule has 7 heteroatoms. The Labute approximate surface area is 224 Å². The minimum atomic E-state index is -0.199. The third-order valence-electron chi connectivity index (χ3n) is 6.37. The lowest BCUT2D eigenvalue weighted by Crippen LogP contribution is -2.20. The summed E-state index contributed by atoms with van der Waals surface area (Å²) in [5.74, 6) is 1.35. The first-order chi connectivity index (χ1) is 17.8. The van der Waals surface area contributed by atoms with Crippen molar-refractivity contribution in [1.29, 1.82) is 0 Å². The fourth-order valence-corrected chi connectivity index (χ4v) is 4.73. The van der Waals surface area contributed by atoms with Crippen LogP contribution < -0.4 is 10.3 Å². The van der Waals surface area contributed by atoms with E-state index >= 15 is 0 Å². The number of rotatable bonds is 6. The molecule has 3 aromatic carbocycles. The van der Waals surface area contributed by atoms with E-state index in [0.717, 1.165) is 38.4 Å². The molecular formula is C30H27BrN4O2. The van der Waals surface area contributed by atoms with E-state index < -0.39 is 0 Å². The van der Waals surface area contributed by atoms with Crippen LogP contribution in [0, 0.1) is 27.7 Å². The zero-order valence-electron chi connectivity index (χ0n) is 21.2. The average molecular weight is 555 g/mol. The lowest BCUT2D eigenvalue weighted by molar-refractivity contribution is 0.306. The van der Waals surface area contributed by atoms with E-state index in [1.165, 1.54) is 10.2 Å². The minimum absolute atomic E-state index is 0.199. The molecule has 0 spiro atoms. The molecule has 0 aliphatic rings. The van der Waals surface area contributed by atoms with Gasteiger partial charge < -0.3 is 9.30 Å². The molecule has 0 saturated heterocycles. The Morgan fingerprint density at radius 1 is 0.946 bits per heavy atom. The van der Waals surface area contributed by atoms with Gasteiger partial charge in [-0.05, 0) is 81.8 Å².